The smallest absolute Gasteiger partial charge is 0.101 e. The van der Waals surface area contributed by atoms with E-state index in [0.29, 0.717) is 0 Å². The molecule has 0 radical (unpaired) electrons. The van der Waals surface area contributed by atoms with Crippen LogP contribution in [0.3, 0.4) is 0 Å². The van der Waals surface area contributed by atoms with Gasteiger partial charge in [0.15, 0.2) is 0 Å². The van der Waals surface area contributed by atoms with Gasteiger partial charge >= 0.3 is 0 Å². The minimum absolute atomic E-state index is 0.00544. The van der Waals surface area contributed by atoms with E-state index in [0.717, 1.165) is 30.4 Å². The lowest BCUT2D eigenvalue weighted by Gasteiger charge is -2.57. The molecule has 0 saturated heterocycles. The maximum absolute atomic E-state index is 10.5. The van der Waals surface area contributed by atoms with Gasteiger partial charge < -0.3 is 15.3 Å². The Morgan fingerprint density at radius 2 is 1.78 bits per heavy atom. The van der Waals surface area contributed by atoms with Gasteiger partial charge in [0.2, 0.25) is 0 Å². The highest BCUT2D eigenvalue weighted by Crippen LogP contribution is 2.59. The van der Waals surface area contributed by atoms with E-state index in [-0.39, 0.29) is 23.4 Å². The third kappa shape index (κ3) is 1.75. The summed E-state index contributed by atoms with van der Waals surface area (Å²) >= 11 is 0. The molecular weight excluding hydrogens is 228 g/mol. The van der Waals surface area contributed by atoms with Gasteiger partial charge in [-0.2, -0.15) is 0 Å². The van der Waals surface area contributed by atoms with E-state index in [4.69, 9.17) is 0 Å². The number of fused-ring (bicyclic) bond motifs is 1. The highest BCUT2D eigenvalue weighted by atomic mass is 16.3. The predicted octanol–water partition coefficient (Wildman–Crippen LogP) is 1.86. The molecule has 1 fully saturated rings. The molecule has 3 N–H and O–H groups in total. The topological polar surface area (TPSA) is 60.7 Å². The van der Waals surface area contributed by atoms with Crippen LogP contribution in [0.5, 0.6) is 0 Å². The van der Waals surface area contributed by atoms with Crippen LogP contribution in [-0.2, 0) is 0 Å². The lowest BCUT2D eigenvalue weighted by Crippen LogP contribution is -2.57. The van der Waals surface area contributed by atoms with E-state index >= 15 is 0 Å². The number of aliphatic hydroxyl groups excluding tert-OH is 3. The normalized spacial score (nSPS) is 43.8. The average molecular weight is 254 g/mol. The molecule has 0 aromatic carbocycles. The Hall–Kier alpha value is -0.380. The minimum Gasteiger partial charge on any atom is -0.392 e. The zero-order valence-corrected chi connectivity index (χ0v) is 11.9. The van der Waals surface area contributed by atoms with Crippen molar-refractivity contribution in [2.24, 2.45) is 16.7 Å². The number of aliphatic hydroxyl groups is 3. The molecule has 0 heterocycles. The first-order valence-electron chi connectivity index (χ1n) is 6.93. The van der Waals surface area contributed by atoms with Crippen LogP contribution in [0, 0.1) is 16.7 Å². The Kier molecular flexibility index (Phi) is 3.37. The van der Waals surface area contributed by atoms with E-state index in [2.05, 4.69) is 20.8 Å². The van der Waals surface area contributed by atoms with Crippen molar-refractivity contribution >= 4 is 0 Å². The summed E-state index contributed by atoms with van der Waals surface area (Å²) in [6.45, 7) is 8.30. The van der Waals surface area contributed by atoms with Gasteiger partial charge in [0.25, 0.3) is 0 Å². The number of hydrogen-bond acceptors (Lipinski definition) is 3. The third-order valence-electron chi connectivity index (χ3n) is 5.48. The molecule has 3 heteroatoms. The summed E-state index contributed by atoms with van der Waals surface area (Å²) in [6.07, 6.45) is 1.61. The van der Waals surface area contributed by atoms with Crippen molar-refractivity contribution in [1.82, 2.24) is 0 Å². The first-order chi connectivity index (χ1) is 8.25. The van der Waals surface area contributed by atoms with Gasteiger partial charge in [0.1, 0.15) is 6.10 Å². The molecule has 18 heavy (non-hydrogen) atoms. The van der Waals surface area contributed by atoms with E-state index in [1.165, 1.54) is 0 Å². The van der Waals surface area contributed by atoms with E-state index in [9.17, 15) is 15.3 Å². The lowest BCUT2D eigenvalue weighted by molar-refractivity contribution is -0.118. The van der Waals surface area contributed by atoms with Crippen LogP contribution in [-0.4, -0.2) is 34.1 Å². The van der Waals surface area contributed by atoms with Gasteiger partial charge in [-0.25, -0.2) is 0 Å². The summed E-state index contributed by atoms with van der Waals surface area (Å²) in [6, 6.07) is 0. The Morgan fingerprint density at radius 3 is 2.33 bits per heavy atom. The fraction of sp³-hybridized carbons (Fsp3) is 0.867. The molecule has 104 valence electrons. The summed E-state index contributed by atoms with van der Waals surface area (Å²) in [5.74, 6) is 0.0135. The number of rotatable bonds is 1. The molecule has 2 aliphatic carbocycles. The number of hydrogen-bond donors (Lipinski definition) is 3. The van der Waals surface area contributed by atoms with Crippen molar-refractivity contribution in [3.63, 3.8) is 0 Å². The van der Waals surface area contributed by atoms with Gasteiger partial charge in [0, 0.05) is 5.92 Å². The summed E-state index contributed by atoms with van der Waals surface area (Å²) in [5, 5.41) is 30.4. The van der Waals surface area contributed by atoms with Crippen LogP contribution in [0.2, 0.25) is 0 Å². The predicted molar refractivity (Wildman–Crippen MR) is 71.0 cm³/mol. The SMILES string of the molecule is CC1=C(CO)C2(C)CCCC(C)(C)C2C(O)C1O. The molecule has 0 aromatic rings. The maximum atomic E-state index is 10.5. The van der Waals surface area contributed by atoms with Crippen LogP contribution in [0.1, 0.15) is 47.0 Å². The molecule has 0 aliphatic heterocycles. The minimum atomic E-state index is -0.831. The molecule has 2 rings (SSSR count). The highest BCUT2D eigenvalue weighted by molar-refractivity contribution is 5.32. The van der Waals surface area contributed by atoms with Crippen LogP contribution >= 0.6 is 0 Å². The summed E-state index contributed by atoms with van der Waals surface area (Å²) in [5.41, 5.74) is 1.52. The molecule has 4 unspecified atom stereocenters. The summed E-state index contributed by atoms with van der Waals surface area (Å²) in [4.78, 5) is 0. The van der Waals surface area contributed by atoms with Gasteiger partial charge in [-0.15, -0.1) is 0 Å². The molecule has 0 bridgehead atoms. The molecule has 0 amide bonds. The fourth-order valence-corrected chi connectivity index (χ4v) is 4.64. The Bertz CT molecular complexity index is 372. The highest BCUT2D eigenvalue weighted by Gasteiger charge is 2.56. The monoisotopic (exact) mass is 254 g/mol. The molecule has 2 aliphatic rings. The summed E-state index contributed by atoms with van der Waals surface area (Å²) < 4.78 is 0. The van der Waals surface area contributed by atoms with Crippen molar-refractivity contribution in [2.45, 2.75) is 59.2 Å². The molecule has 0 spiro atoms. The first-order valence-corrected chi connectivity index (χ1v) is 6.93. The van der Waals surface area contributed by atoms with Crippen molar-refractivity contribution < 1.29 is 15.3 Å². The second kappa shape index (κ2) is 4.32. The standard InChI is InChI=1S/C15H26O3/c1-9-10(8-16)15(4)7-5-6-14(2,3)13(15)12(18)11(9)17/h11-13,16-18H,5-8H2,1-4H3. The van der Waals surface area contributed by atoms with Crippen LogP contribution in [0.25, 0.3) is 0 Å². The molecular formula is C15H26O3. The lowest BCUT2D eigenvalue weighted by atomic mass is 9.49. The Morgan fingerprint density at radius 1 is 1.17 bits per heavy atom. The average Bonchev–Trinajstić information content (AvgIpc) is 2.25. The summed E-state index contributed by atoms with van der Waals surface area (Å²) in [7, 11) is 0. The van der Waals surface area contributed by atoms with Crippen molar-refractivity contribution in [2.75, 3.05) is 6.61 Å². The van der Waals surface area contributed by atoms with Gasteiger partial charge in [-0.1, -0.05) is 27.2 Å². The van der Waals surface area contributed by atoms with Crippen molar-refractivity contribution in [3.8, 4) is 0 Å². The Labute approximate surface area is 110 Å². The zero-order valence-electron chi connectivity index (χ0n) is 11.9. The second-order valence-corrected chi connectivity index (χ2v) is 6.99. The molecule has 4 atom stereocenters. The van der Waals surface area contributed by atoms with Crippen LogP contribution in [0.4, 0.5) is 0 Å². The van der Waals surface area contributed by atoms with E-state index in [1.54, 1.807) is 0 Å². The largest absolute Gasteiger partial charge is 0.392 e. The van der Waals surface area contributed by atoms with Crippen LogP contribution in [0.15, 0.2) is 11.1 Å². The molecule has 3 nitrogen and oxygen atoms in total. The van der Waals surface area contributed by atoms with Gasteiger partial charge in [-0.05, 0) is 41.7 Å². The van der Waals surface area contributed by atoms with Crippen molar-refractivity contribution in [1.29, 1.82) is 0 Å². The van der Waals surface area contributed by atoms with E-state index < -0.39 is 12.2 Å². The first kappa shape index (κ1) is 14.0. The fourth-order valence-electron chi connectivity index (χ4n) is 4.64. The van der Waals surface area contributed by atoms with Gasteiger partial charge in [0.05, 0.1) is 12.7 Å². The molecule has 0 aromatic heterocycles. The quantitative estimate of drug-likeness (QED) is 0.626. The van der Waals surface area contributed by atoms with E-state index in [1.807, 2.05) is 6.92 Å². The zero-order chi connectivity index (χ0) is 13.7. The van der Waals surface area contributed by atoms with Crippen molar-refractivity contribution in [3.05, 3.63) is 11.1 Å². The van der Waals surface area contributed by atoms with Crippen LogP contribution < -0.4 is 0 Å². The Balaban J connectivity index is 2.57. The van der Waals surface area contributed by atoms with Gasteiger partial charge in [-0.3, -0.25) is 0 Å². The third-order valence-corrected chi connectivity index (χ3v) is 5.48. The maximum Gasteiger partial charge on any atom is 0.101 e. The molecule has 1 saturated carbocycles. The second-order valence-electron chi connectivity index (χ2n) is 6.99.